The van der Waals surface area contributed by atoms with Gasteiger partial charge in [-0.3, -0.25) is 4.79 Å². The van der Waals surface area contributed by atoms with E-state index in [1.807, 2.05) is 24.3 Å². The van der Waals surface area contributed by atoms with E-state index in [1.54, 1.807) is 0 Å². The number of allylic oxidation sites excluding steroid dienone is 2. The van der Waals surface area contributed by atoms with Crippen molar-refractivity contribution < 1.29 is 14.3 Å². The Hall–Kier alpha value is -2.36. The zero-order valence-corrected chi connectivity index (χ0v) is 11.2. The summed E-state index contributed by atoms with van der Waals surface area (Å²) in [7, 11) is 0. The maximum absolute atomic E-state index is 11.3. The van der Waals surface area contributed by atoms with Crippen molar-refractivity contribution in [3.05, 3.63) is 54.6 Å². The van der Waals surface area contributed by atoms with Gasteiger partial charge in [-0.25, -0.2) is 0 Å². The molecule has 1 aliphatic heterocycles. The number of carbonyl (C=O) groups is 1. The summed E-state index contributed by atoms with van der Waals surface area (Å²) < 4.78 is 10.7. The molecular formula is C16H17NO3. The van der Waals surface area contributed by atoms with Crippen LogP contribution < -0.4 is 4.74 Å². The Morgan fingerprint density at radius 1 is 1.20 bits per heavy atom. The molecule has 0 saturated heterocycles. The summed E-state index contributed by atoms with van der Waals surface area (Å²) in [5.41, 5.74) is 2.23. The lowest BCUT2D eigenvalue weighted by Crippen LogP contribution is -2.24. The first kappa shape index (κ1) is 14.1. The van der Waals surface area contributed by atoms with Crippen LogP contribution >= 0.6 is 0 Å². The van der Waals surface area contributed by atoms with Crippen LogP contribution in [0, 0.1) is 0 Å². The fourth-order valence-corrected chi connectivity index (χ4v) is 1.96. The molecule has 1 aromatic carbocycles. The highest BCUT2D eigenvalue weighted by atomic mass is 16.5. The van der Waals surface area contributed by atoms with Gasteiger partial charge in [-0.15, -0.1) is 13.2 Å². The Kier molecular flexibility index (Phi) is 4.71. The third kappa shape index (κ3) is 3.57. The molecule has 0 N–H and O–H groups in total. The predicted octanol–water partition coefficient (Wildman–Crippen LogP) is 2.48. The maximum Gasteiger partial charge on any atom is 0.293 e. The lowest BCUT2D eigenvalue weighted by molar-refractivity contribution is -0.123. The smallest absolute Gasteiger partial charge is 0.293 e. The van der Waals surface area contributed by atoms with Crippen molar-refractivity contribution in [2.75, 3.05) is 6.61 Å². The molecule has 1 heterocycles. The number of rotatable bonds is 7. The SMILES string of the molecule is C=CCc1cc(CC=C)cc(OCC2OC=NC2=O)c1. The maximum atomic E-state index is 11.3. The largest absolute Gasteiger partial charge is 0.489 e. The summed E-state index contributed by atoms with van der Waals surface area (Å²) in [4.78, 5) is 14.8. The third-order valence-corrected chi connectivity index (χ3v) is 2.87. The van der Waals surface area contributed by atoms with Crippen LogP contribution in [-0.2, 0) is 22.4 Å². The molecule has 4 heteroatoms. The second-order valence-corrected chi connectivity index (χ2v) is 4.48. The van der Waals surface area contributed by atoms with Crippen LogP contribution in [0.3, 0.4) is 0 Å². The number of nitrogens with zero attached hydrogens (tertiary/aromatic N) is 1. The molecule has 1 amide bonds. The topological polar surface area (TPSA) is 47.9 Å². The van der Waals surface area contributed by atoms with Crippen LogP contribution in [0.15, 0.2) is 48.5 Å². The second kappa shape index (κ2) is 6.70. The second-order valence-electron chi connectivity index (χ2n) is 4.48. The molecule has 20 heavy (non-hydrogen) atoms. The minimum Gasteiger partial charge on any atom is -0.489 e. The van der Waals surface area contributed by atoms with Gasteiger partial charge in [0.1, 0.15) is 12.4 Å². The Labute approximate surface area is 118 Å². The predicted molar refractivity (Wildman–Crippen MR) is 78.1 cm³/mol. The van der Waals surface area contributed by atoms with E-state index in [2.05, 4.69) is 24.2 Å². The fraction of sp³-hybridized carbons (Fsp3) is 0.250. The Morgan fingerprint density at radius 2 is 1.85 bits per heavy atom. The van der Waals surface area contributed by atoms with Gasteiger partial charge < -0.3 is 9.47 Å². The van der Waals surface area contributed by atoms with E-state index in [0.717, 1.165) is 30.4 Å². The van der Waals surface area contributed by atoms with Crippen LogP contribution in [0.4, 0.5) is 0 Å². The van der Waals surface area contributed by atoms with Crippen LogP contribution in [0.5, 0.6) is 5.75 Å². The molecule has 2 rings (SSSR count). The number of ether oxygens (including phenoxy) is 2. The molecule has 1 aromatic rings. The minimum absolute atomic E-state index is 0.157. The van der Waals surface area contributed by atoms with Crippen molar-refractivity contribution in [2.45, 2.75) is 18.9 Å². The summed E-state index contributed by atoms with van der Waals surface area (Å²) in [6.07, 6.45) is 5.74. The minimum atomic E-state index is -0.638. The Morgan fingerprint density at radius 3 is 2.35 bits per heavy atom. The molecule has 0 radical (unpaired) electrons. The van der Waals surface area contributed by atoms with E-state index in [0.29, 0.717) is 5.75 Å². The van der Waals surface area contributed by atoms with Gasteiger partial charge >= 0.3 is 0 Å². The van der Waals surface area contributed by atoms with E-state index < -0.39 is 6.10 Å². The number of amides is 1. The number of hydrogen-bond donors (Lipinski definition) is 0. The summed E-state index contributed by atoms with van der Waals surface area (Å²) in [6.45, 7) is 7.63. The van der Waals surface area contributed by atoms with Gasteiger partial charge in [0.05, 0.1) is 0 Å². The van der Waals surface area contributed by atoms with E-state index in [4.69, 9.17) is 9.47 Å². The van der Waals surface area contributed by atoms with Crippen molar-refractivity contribution >= 4 is 12.3 Å². The van der Waals surface area contributed by atoms with E-state index >= 15 is 0 Å². The molecule has 104 valence electrons. The highest BCUT2D eigenvalue weighted by Crippen LogP contribution is 2.19. The average Bonchev–Trinajstić information content (AvgIpc) is 2.83. The van der Waals surface area contributed by atoms with E-state index in [-0.39, 0.29) is 12.5 Å². The molecule has 4 nitrogen and oxygen atoms in total. The molecule has 1 unspecified atom stereocenters. The molecule has 0 aliphatic carbocycles. The summed E-state index contributed by atoms with van der Waals surface area (Å²) in [5, 5.41) is 0. The fourth-order valence-electron chi connectivity index (χ4n) is 1.96. The molecule has 1 atom stereocenters. The zero-order chi connectivity index (χ0) is 14.4. The monoisotopic (exact) mass is 271 g/mol. The van der Waals surface area contributed by atoms with Crippen molar-refractivity contribution in [3.63, 3.8) is 0 Å². The summed E-state index contributed by atoms with van der Waals surface area (Å²) >= 11 is 0. The van der Waals surface area contributed by atoms with Crippen molar-refractivity contribution in [3.8, 4) is 5.75 Å². The highest BCUT2D eigenvalue weighted by Gasteiger charge is 2.23. The molecular weight excluding hydrogens is 254 g/mol. The van der Waals surface area contributed by atoms with Crippen molar-refractivity contribution in [1.29, 1.82) is 0 Å². The average molecular weight is 271 g/mol. The lowest BCUT2D eigenvalue weighted by atomic mass is 10.1. The van der Waals surface area contributed by atoms with Crippen molar-refractivity contribution in [2.24, 2.45) is 4.99 Å². The van der Waals surface area contributed by atoms with Crippen LogP contribution in [-0.4, -0.2) is 25.0 Å². The lowest BCUT2D eigenvalue weighted by Gasteiger charge is -2.12. The Bertz CT molecular complexity index is 520. The quantitative estimate of drug-likeness (QED) is 0.716. The van der Waals surface area contributed by atoms with Gasteiger partial charge in [0.2, 0.25) is 6.10 Å². The van der Waals surface area contributed by atoms with Gasteiger partial charge in [-0.1, -0.05) is 18.2 Å². The van der Waals surface area contributed by atoms with Crippen LogP contribution in [0.25, 0.3) is 0 Å². The van der Waals surface area contributed by atoms with Gasteiger partial charge in [0.25, 0.3) is 5.91 Å². The van der Waals surface area contributed by atoms with E-state index in [9.17, 15) is 4.79 Å². The summed E-state index contributed by atoms with van der Waals surface area (Å²) in [5.74, 6) is 0.406. The molecule has 0 fully saturated rings. The molecule has 1 aliphatic rings. The van der Waals surface area contributed by atoms with Gasteiger partial charge in [-0.05, 0) is 36.1 Å². The summed E-state index contributed by atoms with van der Waals surface area (Å²) in [6, 6.07) is 5.97. The van der Waals surface area contributed by atoms with Gasteiger partial charge in [0, 0.05) is 0 Å². The zero-order valence-electron chi connectivity index (χ0n) is 11.2. The molecule has 0 spiro atoms. The van der Waals surface area contributed by atoms with Crippen LogP contribution in [0.1, 0.15) is 11.1 Å². The Balaban J connectivity index is 2.07. The van der Waals surface area contributed by atoms with Crippen molar-refractivity contribution in [1.82, 2.24) is 0 Å². The van der Waals surface area contributed by atoms with Gasteiger partial charge in [-0.2, -0.15) is 4.99 Å². The van der Waals surface area contributed by atoms with Crippen LogP contribution in [0.2, 0.25) is 0 Å². The molecule has 0 bridgehead atoms. The number of benzene rings is 1. The number of aliphatic imine (C=N–C) groups is 1. The molecule has 0 saturated carbocycles. The first-order chi connectivity index (χ1) is 9.72. The number of hydrogen-bond acceptors (Lipinski definition) is 3. The first-order valence-electron chi connectivity index (χ1n) is 6.42. The number of carbonyl (C=O) groups excluding carboxylic acids is 1. The standard InChI is InChI=1S/C16H17NO3/c1-3-5-12-7-13(6-4-2)9-14(8-12)19-10-15-16(18)17-11-20-15/h3-4,7-9,11,15H,1-2,5-6,10H2. The van der Waals surface area contributed by atoms with E-state index in [1.165, 1.54) is 0 Å². The normalized spacial score (nSPS) is 16.8. The molecule has 0 aromatic heterocycles. The first-order valence-corrected chi connectivity index (χ1v) is 6.42. The third-order valence-electron chi connectivity index (χ3n) is 2.87. The van der Waals surface area contributed by atoms with Gasteiger partial charge in [0.15, 0.2) is 6.40 Å². The highest BCUT2D eigenvalue weighted by molar-refractivity contribution is 5.91.